The molecule has 0 saturated heterocycles. The first-order valence-electron chi connectivity index (χ1n) is 8.03. The van der Waals surface area contributed by atoms with Crippen molar-refractivity contribution in [2.75, 3.05) is 0 Å². The lowest BCUT2D eigenvalue weighted by Crippen LogP contribution is -2.36. The molecule has 4 rings (SSSR count). The second-order valence-corrected chi connectivity index (χ2v) is 7.19. The molecule has 4 aliphatic carbocycles. The highest BCUT2D eigenvalue weighted by molar-refractivity contribution is 5.21. The molecule has 3 saturated carbocycles. The summed E-state index contributed by atoms with van der Waals surface area (Å²) in [7, 11) is 0. The average molecular weight is 230 g/mol. The van der Waals surface area contributed by atoms with Crippen LogP contribution < -0.4 is 0 Å². The molecule has 17 heavy (non-hydrogen) atoms. The van der Waals surface area contributed by atoms with Gasteiger partial charge in [0.15, 0.2) is 0 Å². The minimum Gasteiger partial charge on any atom is -0.0848 e. The standard InChI is InChI=1S/C17H26/c1-3-5-13-12(4-2)14-9-15(13)17-11-7-6-10(8-11)16(14)17/h6-7,10-17H,3-5,8-9H2,1-2H3. The van der Waals surface area contributed by atoms with Crippen molar-refractivity contribution in [1.82, 2.24) is 0 Å². The monoisotopic (exact) mass is 230 g/mol. The molecule has 0 spiro atoms. The highest BCUT2D eigenvalue weighted by atomic mass is 14.7. The van der Waals surface area contributed by atoms with Gasteiger partial charge in [-0.1, -0.05) is 45.3 Å². The number of allylic oxidation sites excluding steroid dienone is 2. The molecular weight excluding hydrogens is 204 g/mol. The number of rotatable bonds is 3. The molecule has 94 valence electrons. The maximum atomic E-state index is 2.58. The third kappa shape index (κ3) is 1.20. The maximum absolute atomic E-state index is 2.58. The zero-order chi connectivity index (χ0) is 11.6. The Bertz CT molecular complexity index is 342. The molecule has 0 heteroatoms. The van der Waals surface area contributed by atoms with Gasteiger partial charge in [-0.05, 0) is 60.2 Å². The van der Waals surface area contributed by atoms with Crippen LogP contribution in [0.5, 0.6) is 0 Å². The van der Waals surface area contributed by atoms with Gasteiger partial charge in [0, 0.05) is 0 Å². The normalized spacial score (nSPS) is 58.0. The molecule has 0 N–H and O–H groups in total. The lowest BCUT2D eigenvalue weighted by molar-refractivity contribution is 0.0796. The van der Waals surface area contributed by atoms with E-state index in [1.165, 1.54) is 25.7 Å². The summed E-state index contributed by atoms with van der Waals surface area (Å²) in [6.07, 6.45) is 12.7. The summed E-state index contributed by atoms with van der Waals surface area (Å²) in [5.74, 6) is 8.66. The van der Waals surface area contributed by atoms with Crippen LogP contribution in [0.25, 0.3) is 0 Å². The van der Waals surface area contributed by atoms with E-state index in [9.17, 15) is 0 Å². The topological polar surface area (TPSA) is 0 Å². The first-order chi connectivity index (χ1) is 8.35. The second kappa shape index (κ2) is 3.62. The van der Waals surface area contributed by atoms with Crippen molar-refractivity contribution in [3.05, 3.63) is 12.2 Å². The van der Waals surface area contributed by atoms with Crippen molar-refractivity contribution >= 4 is 0 Å². The molecule has 0 radical (unpaired) electrons. The number of fused-ring (bicyclic) bond motifs is 9. The lowest BCUT2D eigenvalue weighted by Gasteiger charge is -2.42. The summed E-state index contributed by atoms with van der Waals surface area (Å²) in [6, 6.07) is 0. The van der Waals surface area contributed by atoms with E-state index in [-0.39, 0.29) is 0 Å². The Balaban J connectivity index is 1.66. The Labute approximate surface area is 106 Å². The third-order valence-corrected chi connectivity index (χ3v) is 6.86. The van der Waals surface area contributed by atoms with Crippen LogP contribution in [0, 0.1) is 47.3 Å². The van der Waals surface area contributed by atoms with E-state index in [1.807, 2.05) is 0 Å². The molecule has 0 aromatic heterocycles. The first-order valence-corrected chi connectivity index (χ1v) is 8.03. The van der Waals surface area contributed by atoms with Gasteiger partial charge in [0.1, 0.15) is 0 Å². The summed E-state index contributed by atoms with van der Waals surface area (Å²) in [4.78, 5) is 0. The van der Waals surface area contributed by atoms with Crippen molar-refractivity contribution in [2.24, 2.45) is 47.3 Å². The van der Waals surface area contributed by atoms with E-state index in [0.29, 0.717) is 0 Å². The Kier molecular flexibility index (Phi) is 2.27. The van der Waals surface area contributed by atoms with E-state index in [1.54, 1.807) is 6.42 Å². The number of hydrogen-bond acceptors (Lipinski definition) is 0. The molecule has 0 nitrogen and oxygen atoms in total. The largest absolute Gasteiger partial charge is 0.0848 e. The van der Waals surface area contributed by atoms with Crippen molar-refractivity contribution in [1.29, 1.82) is 0 Å². The maximum Gasteiger partial charge on any atom is -0.0194 e. The SMILES string of the molecule is CCCC1C(CC)C2CC1C1C3C=CC(C3)C21. The van der Waals surface area contributed by atoms with Crippen molar-refractivity contribution < 1.29 is 0 Å². The Hall–Kier alpha value is -0.260. The molecule has 8 unspecified atom stereocenters. The molecule has 0 aromatic carbocycles. The van der Waals surface area contributed by atoms with E-state index in [0.717, 1.165) is 47.3 Å². The fraction of sp³-hybridized carbons (Fsp3) is 0.882. The van der Waals surface area contributed by atoms with Crippen molar-refractivity contribution in [3.8, 4) is 0 Å². The van der Waals surface area contributed by atoms with Gasteiger partial charge in [-0.2, -0.15) is 0 Å². The van der Waals surface area contributed by atoms with Crippen LogP contribution >= 0.6 is 0 Å². The van der Waals surface area contributed by atoms with E-state index in [4.69, 9.17) is 0 Å². The minimum atomic E-state index is 0.997. The Morgan fingerprint density at radius 3 is 2.12 bits per heavy atom. The zero-order valence-corrected chi connectivity index (χ0v) is 11.3. The Morgan fingerprint density at radius 1 is 0.882 bits per heavy atom. The highest BCUT2D eigenvalue weighted by Gasteiger charge is 2.63. The fourth-order valence-electron chi connectivity index (χ4n) is 6.66. The van der Waals surface area contributed by atoms with Crippen molar-refractivity contribution in [2.45, 2.75) is 46.0 Å². The van der Waals surface area contributed by atoms with E-state index >= 15 is 0 Å². The number of hydrogen-bond donors (Lipinski definition) is 0. The molecule has 4 aliphatic rings. The Morgan fingerprint density at radius 2 is 1.53 bits per heavy atom. The van der Waals surface area contributed by atoms with Crippen LogP contribution in [0.3, 0.4) is 0 Å². The predicted octanol–water partition coefficient (Wildman–Crippen LogP) is 4.52. The predicted molar refractivity (Wildman–Crippen MR) is 71.5 cm³/mol. The van der Waals surface area contributed by atoms with Crippen LogP contribution in [0.1, 0.15) is 46.0 Å². The zero-order valence-electron chi connectivity index (χ0n) is 11.3. The van der Waals surface area contributed by atoms with Gasteiger partial charge in [-0.3, -0.25) is 0 Å². The van der Waals surface area contributed by atoms with Gasteiger partial charge in [0.2, 0.25) is 0 Å². The summed E-state index contributed by atoms with van der Waals surface area (Å²) in [6.45, 7) is 4.84. The van der Waals surface area contributed by atoms with Gasteiger partial charge in [-0.25, -0.2) is 0 Å². The van der Waals surface area contributed by atoms with Crippen molar-refractivity contribution in [3.63, 3.8) is 0 Å². The van der Waals surface area contributed by atoms with Gasteiger partial charge < -0.3 is 0 Å². The molecule has 4 bridgehead atoms. The highest BCUT2D eigenvalue weighted by Crippen LogP contribution is 2.69. The third-order valence-electron chi connectivity index (χ3n) is 6.86. The summed E-state index contributed by atoms with van der Waals surface area (Å²) < 4.78 is 0. The van der Waals surface area contributed by atoms with Crippen LogP contribution in [0.15, 0.2) is 12.2 Å². The average Bonchev–Trinajstić information content (AvgIpc) is 3.06. The van der Waals surface area contributed by atoms with Crippen LogP contribution in [0.4, 0.5) is 0 Å². The van der Waals surface area contributed by atoms with Gasteiger partial charge in [0.25, 0.3) is 0 Å². The van der Waals surface area contributed by atoms with Crippen LogP contribution in [-0.4, -0.2) is 0 Å². The fourth-order valence-corrected chi connectivity index (χ4v) is 6.66. The van der Waals surface area contributed by atoms with E-state index in [2.05, 4.69) is 26.0 Å². The summed E-state index contributed by atoms with van der Waals surface area (Å²) in [5, 5.41) is 0. The van der Waals surface area contributed by atoms with Crippen LogP contribution in [0.2, 0.25) is 0 Å². The molecule has 0 aliphatic heterocycles. The van der Waals surface area contributed by atoms with Gasteiger partial charge in [-0.15, -0.1) is 0 Å². The van der Waals surface area contributed by atoms with Gasteiger partial charge in [0.05, 0.1) is 0 Å². The smallest absolute Gasteiger partial charge is 0.0194 e. The summed E-state index contributed by atoms with van der Waals surface area (Å²) >= 11 is 0. The van der Waals surface area contributed by atoms with E-state index < -0.39 is 0 Å². The van der Waals surface area contributed by atoms with Gasteiger partial charge >= 0.3 is 0 Å². The second-order valence-electron chi connectivity index (χ2n) is 7.19. The molecule has 8 atom stereocenters. The molecular formula is C17H26. The lowest BCUT2D eigenvalue weighted by atomic mass is 9.63. The quantitative estimate of drug-likeness (QED) is 0.494. The molecule has 3 fully saturated rings. The molecule has 0 aromatic rings. The molecule has 0 heterocycles. The first kappa shape index (κ1) is 10.6. The molecule has 0 amide bonds. The minimum absolute atomic E-state index is 0.997. The summed E-state index contributed by atoms with van der Waals surface area (Å²) in [5.41, 5.74) is 0. The van der Waals surface area contributed by atoms with Crippen LogP contribution in [-0.2, 0) is 0 Å².